The van der Waals surface area contributed by atoms with Crippen LogP contribution in [0.15, 0.2) is 88.7 Å². The molecule has 0 aromatic heterocycles. The van der Waals surface area contributed by atoms with Crippen molar-refractivity contribution < 1.29 is 25.2 Å². The maximum Gasteiger partial charge on any atom is 0.296 e. The number of para-hydroxylation sites is 1. The van der Waals surface area contributed by atoms with E-state index in [-0.39, 0.29) is 23.0 Å². The molecule has 188 valence electrons. The zero-order valence-corrected chi connectivity index (χ0v) is 21.6. The Kier molecular flexibility index (Phi) is 9.45. The van der Waals surface area contributed by atoms with E-state index in [9.17, 15) is 16.8 Å². The molecule has 0 aliphatic heterocycles. The smallest absolute Gasteiger partial charge is 0.296 e. The molecule has 0 amide bonds. The highest BCUT2D eigenvalue weighted by Gasteiger charge is 2.17. The second-order valence-corrected chi connectivity index (χ2v) is 11.4. The zero-order valence-electron chi connectivity index (χ0n) is 20.0. The predicted molar refractivity (Wildman–Crippen MR) is 137 cm³/mol. The maximum atomic E-state index is 12.4. The summed E-state index contributed by atoms with van der Waals surface area (Å²) in [6.07, 6.45) is 0.949. The number of benzene rings is 3. The van der Waals surface area contributed by atoms with Crippen LogP contribution in [0.1, 0.15) is 24.0 Å². The van der Waals surface area contributed by atoms with Gasteiger partial charge in [0, 0.05) is 18.8 Å². The minimum atomic E-state index is -3.81. The fourth-order valence-corrected chi connectivity index (χ4v) is 5.29. The van der Waals surface area contributed by atoms with Gasteiger partial charge in [-0.2, -0.15) is 16.8 Å². The predicted octanol–water partition coefficient (Wildman–Crippen LogP) is 4.70. The molecule has 9 heteroatoms. The Morgan fingerprint density at radius 3 is 1.40 bits per heavy atom. The van der Waals surface area contributed by atoms with Gasteiger partial charge in [-0.25, -0.2) is 0 Å². The van der Waals surface area contributed by atoms with Gasteiger partial charge in [-0.05, 0) is 63.1 Å². The highest BCUT2D eigenvalue weighted by molar-refractivity contribution is 7.87. The Bertz CT molecular complexity index is 1190. The van der Waals surface area contributed by atoms with Crippen LogP contribution in [0.4, 0.5) is 5.69 Å². The number of hydrogen-bond acceptors (Lipinski definition) is 7. The highest BCUT2D eigenvalue weighted by atomic mass is 32.2. The quantitative estimate of drug-likeness (QED) is 0.240. The molecule has 0 saturated heterocycles. The van der Waals surface area contributed by atoms with Crippen molar-refractivity contribution in [1.82, 2.24) is 0 Å². The van der Waals surface area contributed by atoms with Crippen LogP contribution in [0, 0.1) is 13.8 Å². The number of rotatable bonds is 13. The van der Waals surface area contributed by atoms with Crippen molar-refractivity contribution in [3.05, 3.63) is 90.0 Å². The lowest BCUT2D eigenvalue weighted by Gasteiger charge is -2.25. The molecule has 3 aromatic rings. The minimum absolute atomic E-state index is 0.0395. The van der Waals surface area contributed by atoms with Crippen molar-refractivity contribution in [1.29, 1.82) is 0 Å². The van der Waals surface area contributed by atoms with E-state index < -0.39 is 20.2 Å². The standard InChI is InChI=1S/C26H31NO6S2/c1-22-10-14-25(15-11-22)34(28,29)32-20-6-18-27(24-8-4-3-5-9-24)19-7-21-33-35(30,31)26-16-12-23(2)13-17-26/h3-5,8-17H,6-7,18-21H2,1-2H3. The van der Waals surface area contributed by atoms with Crippen LogP contribution in [0.5, 0.6) is 0 Å². The van der Waals surface area contributed by atoms with Gasteiger partial charge in [-0.1, -0.05) is 53.6 Å². The average Bonchev–Trinajstić information content (AvgIpc) is 2.84. The van der Waals surface area contributed by atoms with Gasteiger partial charge in [0.25, 0.3) is 20.2 Å². The molecule has 0 atom stereocenters. The minimum Gasteiger partial charge on any atom is -0.371 e. The van der Waals surface area contributed by atoms with Gasteiger partial charge in [0.1, 0.15) is 0 Å². The summed E-state index contributed by atoms with van der Waals surface area (Å²) in [5.74, 6) is 0. The van der Waals surface area contributed by atoms with Crippen molar-refractivity contribution in [2.24, 2.45) is 0 Å². The topological polar surface area (TPSA) is 90.0 Å². The third-order valence-electron chi connectivity index (χ3n) is 5.36. The lowest BCUT2D eigenvalue weighted by Crippen LogP contribution is -2.28. The van der Waals surface area contributed by atoms with Crippen molar-refractivity contribution >= 4 is 25.9 Å². The first kappa shape index (κ1) is 26.9. The monoisotopic (exact) mass is 517 g/mol. The molecule has 0 aliphatic rings. The molecule has 0 radical (unpaired) electrons. The Morgan fingerprint density at radius 1 is 0.600 bits per heavy atom. The molecule has 35 heavy (non-hydrogen) atoms. The Balaban J connectivity index is 1.51. The summed E-state index contributed by atoms with van der Waals surface area (Å²) < 4.78 is 60.0. The summed E-state index contributed by atoms with van der Waals surface area (Å²) in [6, 6.07) is 22.7. The van der Waals surface area contributed by atoms with Crippen LogP contribution < -0.4 is 4.90 Å². The highest BCUT2D eigenvalue weighted by Crippen LogP contribution is 2.17. The van der Waals surface area contributed by atoms with E-state index in [4.69, 9.17) is 8.37 Å². The van der Waals surface area contributed by atoms with Gasteiger partial charge in [-0.3, -0.25) is 8.37 Å². The largest absolute Gasteiger partial charge is 0.371 e. The molecule has 7 nitrogen and oxygen atoms in total. The first-order chi connectivity index (χ1) is 16.7. The summed E-state index contributed by atoms with van der Waals surface area (Å²) in [6.45, 7) is 4.93. The second-order valence-electron chi connectivity index (χ2n) is 8.21. The fourth-order valence-electron chi connectivity index (χ4n) is 3.40. The van der Waals surface area contributed by atoms with E-state index in [1.807, 2.05) is 44.2 Å². The van der Waals surface area contributed by atoms with Crippen molar-refractivity contribution in [2.75, 3.05) is 31.2 Å². The molecule has 0 aliphatic carbocycles. The Morgan fingerprint density at radius 2 is 1.00 bits per heavy atom. The Labute approximate surface area is 208 Å². The van der Waals surface area contributed by atoms with Crippen molar-refractivity contribution in [3.63, 3.8) is 0 Å². The van der Waals surface area contributed by atoms with Crippen molar-refractivity contribution in [2.45, 2.75) is 36.5 Å². The molecular formula is C26H31NO6S2. The summed E-state index contributed by atoms with van der Waals surface area (Å²) >= 11 is 0. The summed E-state index contributed by atoms with van der Waals surface area (Å²) in [5, 5.41) is 0. The van der Waals surface area contributed by atoms with Gasteiger partial charge in [0.2, 0.25) is 0 Å². The van der Waals surface area contributed by atoms with Gasteiger partial charge < -0.3 is 4.90 Å². The van der Waals surface area contributed by atoms with E-state index in [0.29, 0.717) is 25.9 Å². The second kappa shape index (κ2) is 12.3. The van der Waals surface area contributed by atoms with Crippen LogP contribution in [0.25, 0.3) is 0 Å². The van der Waals surface area contributed by atoms with Gasteiger partial charge in [0.05, 0.1) is 23.0 Å². The van der Waals surface area contributed by atoms with E-state index in [0.717, 1.165) is 16.8 Å². The van der Waals surface area contributed by atoms with E-state index in [2.05, 4.69) is 4.90 Å². The first-order valence-electron chi connectivity index (χ1n) is 11.4. The number of anilines is 1. The molecule has 3 aromatic carbocycles. The summed E-state index contributed by atoms with van der Waals surface area (Å²) in [4.78, 5) is 2.33. The molecule has 0 bridgehead atoms. The Hall–Kier alpha value is -2.72. The molecule has 0 spiro atoms. The summed E-state index contributed by atoms with van der Waals surface area (Å²) in [7, 11) is -7.62. The molecule has 3 rings (SSSR count). The van der Waals surface area contributed by atoms with Gasteiger partial charge >= 0.3 is 0 Å². The van der Waals surface area contributed by atoms with E-state index in [1.54, 1.807) is 24.3 Å². The van der Waals surface area contributed by atoms with Gasteiger partial charge in [-0.15, -0.1) is 0 Å². The van der Waals surface area contributed by atoms with Gasteiger partial charge in [0.15, 0.2) is 0 Å². The molecular weight excluding hydrogens is 486 g/mol. The molecule has 0 saturated carbocycles. The van der Waals surface area contributed by atoms with Crippen LogP contribution in [0.3, 0.4) is 0 Å². The maximum absolute atomic E-state index is 12.4. The lowest BCUT2D eigenvalue weighted by atomic mass is 10.2. The van der Waals surface area contributed by atoms with Crippen LogP contribution in [-0.2, 0) is 28.6 Å². The van der Waals surface area contributed by atoms with E-state index >= 15 is 0 Å². The molecule has 0 heterocycles. The zero-order chi connectivity index (χ0) is 25.3. The average molecular weight is 518 g/mol. The first-order valence-corrected chi connectivity index (χ1v) is 14.2. The lowest BCUT2D eigenvalue weighted by molar-refractivity contribution is 0.306. The van der Waals surface area contributed by atoms with Crippen molar-refractivity contribution in [3.8, 4) is 0 Å². The number of hydrogen-bond donors (Lipinski definition) is 0. The number of nitrogens with zero attached hydrogens (tertiary/aromatic N) is 1. The third kappa shape index (κ3) is 8.17. The fraction of sp³-hybridized carbons (Fsp3) is 0.308. The van der Waals surface area contributed by atoms with Crippen LogP contribution >= 0.6 is 0 Å². The summed E-state index contributed by atoms with van der Waals surface area (Å²) in [5.41, 5.74) is 2.89. The normalized spacial score (nSPS) is 11.9. The molecule has 0 fully saturated rings. The molecule has 0 N–H and O–H groups in total. The van der Waals surface area contributed by atoms with Crippen LogP contribution in [-0.4, -0.2) is 43.1 Å². The van der Waals surface area contributed by atoms with Crippen LogP contribution in [0.2, 0.25) is 0 Å². The van der Waals surface area contributed by atoms with E-state index in [1.165, 1.54) is 24.3 Å². The number of aryl methyl sites for hydroxylation is 2. The molecule has 0 unspecified atom stereocenters. The third-order valence-corrected chi connectivity index (χ3v) is 8.02. The SMILES string of the molecule is Cc1ccc(S(=O)(=O)OCCCN(CCCOS(=O)(=O)c2ccc(C)cc2)c2ccccc2)cc1.